The predicted molar refractivity (Wildman–Crippen MR) is 61.9 cm³/mol. The lowest BCUT2D eigenvalue weighted by molar-refractivity contribution is 0.0695. The van der Waals surface area contributed by atoms with Crippen LogP contribution in [-0.4, -0.2) is 16.1 Å². The molecule has 98 valence electrons. The Morgan fingerprint density at radius 2 is 2.00 bits per heavy atom. The molecule has 0 aliphatic heterocycles. The molecule has 2 aromatic rings. The average molecular weight is 265 g/mol. The average Bonchev–Trinajstić information content (AvgIpc) is 2.38. The molecule has 0 atom stereocenters. The Balaban J connectivity index is 2.19. The highest BCUT2D eigenvalue weighted by molar-refractivity contribution is 5.87. The van der Waals surface area contributed by atoms with Crippen LogP contribution in [0, 0.1) is 11.6 Å². The number of aromatic nitrogens is 1. The summed E-state index contributed by atoms with van der Waals surface area (Å²) in [6.07, 6.45) is 3.06. The molecule has 6 heteroatoms. The number of pyridine rings is 1. The number of carboxylic acids is 1. The molecule has 19 heavy (non-hydrogen) atoms. The van der Waals surface area contributed by atoms with Gasteiger partial charge in [0.15, 0.2) is 17.4 Å². The van der Waals surface area contributed by atoms with Gasteiger partial charge in [-0.1, -0.05) is 6.07 Å². The summed E-state index contributed by atoms with van der Waals surface area (Å²) in [5.41, 5.74) is 0.173. The van der Waals surface area contributed by atoms with Crippen molar-refractivity contribution in [3.63, 3.8) is 0 Å². The molecule has 1 aromatic heterocycles. The first-order valence-corrected chi connectivity index (χ1v) is 5.32. The lowest BCUT2D eigenvalue weighted by Crippen LogP contribution is -2.04. The first kappa shape index (κ1) is 12.9. The van der Waals surface area contributed by atoms with Crippen molar-refractivity contribution < 1.29 is 23.4 Å². The SMILES string of the molecule is O=C(O)c1cc(F)c(OCc2cccnc2)c(F)c1. The summed E-state index contributed by atoms with van der Waals surface area (Å²) in [6.45, 7) is -0.0614. The highest BCUT2D eigenvalue weighted by Gasteiger charge is 2.15. The Morgan fingerprint density at radius 1 is 1.32 bits per heavy atom. The van der Waals surface area contributed by atoms with Crippen molar-refractivity contribution in [3.8, 4) is 5.75 Å². The number of carbonyl (C=O) groups is 1. The van der Waals surface area contributed by atoms with Crippen LogP contribution < -0.4 is 4.74 Å². The maximum Gasteiger partial charge on any atom is 0.335 e. The van der Waals surface area contributed by atoms with Crippen molar-refractivity contribution in [1.29, 1.82) is 0 Å². The van der Waals surface area contributed by atoms with Crippen molar-refractivity contribution in [3.05, 3.63) is 59.4 Å². The molecule has 1 N–H and O–H groups in total. The van der Waals surface area contributed by atoms with Crippen LogP contribution in [-0.2, 0) is 6.61 Å². The molecule has 0 aliphatic carbocycles. The highest BCUT2D eigenvalue weighted by atomic mass is 19.1. The van der Waals surface area contributed by atoms with Crippen LogP contribution in [0.3, 0.4) is 0 Å². The fraction of sp³-hybridized carbons (Fsp3) is 0.0769. The standard InChI is InChI=1S/C13H9F2NO3/c14-10-4-9(13(17)18)5-11(15)12(10)19-7-8-2-1-3-16-6-8/h1-6H,7H2,(H,17,18). The zero-order valence-electron chi connectivity index (χ0n) is 9.64. The van der Waals surface area contributed by atoms with E-state index in [0.717, 1.165) is 0 Å². The summed E-state index contributed by atoms with van der Waals surface area (Å²) in [7, 11) is 0. The van der Waals surface area contributed by atoms with Gasteiger partial charge in [-0.25, -0.2) is 13.6 Å². The van der Waals surface area contributed by atoms with Crippen LogP contribution in [0.1, 0.15) is 15.9 Å². The van der Waals surface area contributed by atoms with Crippen LogP contribution in [0.25, 0.3) is 0 Å². The van der Waals surface area contributed by atoms with Gasteiger partial charge in [0.05, 0.1) is 5.56 Å². The van der Waals surface area contributed by atoms with Crippen molar-refractivity contribution in [2.45, 2.75) is 6.61 Å². The molecule has 4 nitrogen and oxygen atoms in total. The van der Waals surface area contributed by atoms with Gasteiger partial charge in [0.1, 0.15) is 6.61 Å². The predicted octanol–water partition coefficient (Wildman–Crippen LogP) is 2.64. The second-order valence-electron chi connectivity index (χ2n) is 3.72. The van der Waals surface area contributed by atoms with Crippen molar-refractivity contribution in [1.82, 2.24) is 4.98 Å². The molecule has 2 rings (SSSR count). The van der Waals surface area contributed by atoms with Crippen LogP contribution >= 0.6 is 0 Å². The molecule has 0 saturated carbocycles. The minimum absolute atomic E-state index is 0.0614. The lowest BCUT2D eigenvalue weighted by Gasteiger charge is -2.08. The van der Waals surface area contributed by atoms with E-state index in [0.29, 0.717) is 17.7 Å². The summed E-state index contributed by atoms with van der Waals surface area (Å²) in [4.78, 5) is 14.4. The number of aromatic carboxylic acids is 1. The first-order chi connectivity index (χ1) is 9.08. The third kappa shape index (κ3) is 3.04. The second-order valence-corrected chi connectivity index (χ2v) is 3.72. The van der Waals surface area contributed by atoms with Gasteiger partial charge < -0.3 is 9.84 Å². The van der Waals surface area contributed by atoms with E-state index in [1.165, 1.54) is 6.20 Å². The van der Waals surface area contributed by atoms with Gasteiger partial charge in [0.2, 0.25) is 0 Å². The summed E-state index contributed by atoms with van der Waals surface area (Å²) in [6, 6.07) is 4.78. The number of hydrogen-bond donors (Lipinski definition) is 1. The number of nitrogens with zero attached hydrogens (tertiary/aromatic N) is 1. The maximum atomic E-state index is 13.5. The van der Waals surface area contributed by atoms with Gasteiger partial charge in [-0.15, -0.1) is 0 Å². The molecule has 0 spiro atoms. The van der Waals surface area contributed by atoms with Crippen LogP contribution in [0.2, 0.25) is 0 Å². The number of halogens is 2. The zero-order chi connectivity index (χ0) is 13.8. The van der Waals surface area contributed by atoms with E-state index in [9.17, 15) is 13.6 Å². The van der Waals surface area contributed by atoms with E-state index in [4.69, 9.17) is 9.84 Å². The van der Waals surface area contributed by atoms with E-state index >= 15 is 0 Å². The van der Waals surface area contributed by atoms with Crippen LogP contribution in [0.15, 0.2) is 36.7 Å². The van der Waals surface area contributed by atoms with E-state index in [1.54, 1.807) is 18.3 Å². The van der Waals surface area contributed by atoms with Crippen LogP contribution in [0.4, 0.5) is 8.78 Å². The Kier molecular flexibility index (Phi) is 3.70. The fourth-order valence-electron chi connectivity index (χ4n) is 1.46. The summed E-state index contributed by atoms with van der Waals surface area (Å²) in [5, 5.41) is 8.65. The Bertz CT molecular complexity index is 579. The van der Waals surface area contributed by atoms with Gasteiger partial charge in [-0.05, 0) is 18.2 Å². The number of carboxylic acid groups (broad SMARTS) is 1. The number of benzene rings is 1. The molecule has 0 bridgehead atoms. The second kappa shape index (κ2) is 5.43. The Hall–Kier alpha value is -2.50. The monoisotopic (exact) mass is 265 g/mol. The summed E-state index contributed by atoms with van der Waals surface area (Å²) >= 11 is 0. The Morgan fingerprint density at radius 3 is 2.53 bits per heavy atom. The minimum atomic E-state index is -1.41. The van der Waals surface area contributed by atoms with Gasteiger partial charge >= 0.3 is 5.97 Å². The molecular weight excluding hydrogens is 256 g/mol. The molecule has 0 amide bonds. The normalized spacial score (nSPS) is 10.2. The zero-order valence-corrected chi connectivity index (χ0v) is 9.64. The molecule has 1 heterocycles. The minimum Gasteiger partial charge on any atom is -0.483 e. The molecule has 0 unspecified atom stereocenters. The van der Waals surface area contributed by atoms with Gasteiger partial charge in [0, 0.05) is 18.0 Å². The molecule has 0 saturated heterocycles. The van der Waals surface area contributed by atoms with E-state index in [1.807, 2.05) is 0 Å². The summed E-state index contributed by atoms with van der Waals surface area (Å²) < 4.78 is 32.1. The van der Waals surface area contributed by atoms with Crippen LogP contribution in [0.5, 0.6) is 5.75 Å². The van der Waals surface area contributed by atoms with Crippen molar-refractivity contribution in [2.24, 2.45) is 0 Å². The van der Waals surface area contributed by atoms with Crippen molar-refractivity contribution >= 4 is 5.97 Å². The quantitative estimate of drug-likeness (QED) is 0.923. The fourth-order valence-corrected chi connectivity index (χ4v) is 1.46. The Labute approximate surface area is 107 Å². The molecule has 1 aromatic carbocycles. The van der Waals surface area contributed by atoms with Gasteiger partial charge in [0.25, 0.3) is 0 Å². The van der Waals surface area contributed by atoms with E-state index in [2.05, 4.69) is 4.98 Å². The molecule has 0 fully saturated rings. The first-order valence-electron chi connectivity index (χ1n) is 5.32. The smallest absolute Gasteiger partial charge is 0.335 e. The topological polar surface area (TPSA) is 59.4 Å². The third-order valence-electron chi connectivity index (χ3n) is 2.35. The molecule has 0 radical (unpaired) electrons. The van der Waals surface area contributed by atoms with E-state index < -0.39 is 28.9 Å². The highest BCUT2D eigenvalue weighted by Crippen LogP contribution is 2.24. The maximum absolute atomic E-state index is 13.5. The van der Waals surface area contributed by atoms with E-state index in [-0.39, 0.29) is 6.61 Å². The van der Waals surface area contributed by atoms with Gasteiger partial charge in [-0.2, -0.15) is 0 Å². The molecule has 0 aliphatic rings. The molecular formula is C13H9F2NO3. The van der Waals surface area contributed by atoms with Crippen molar-refractivity contribution in [2.75, 3.05) is 0 Å². The van der Waals surface area contributed by atoms with Gasteiger partial charge in [-0.3, -0.25) is 4.98 Å². The number of hydrogen-bond acceptors (Lipinski definition) is 3. The number of rotatable bonds is 4. The largest absolute Gasteiger partial charge is 0.483 e. The number of ether oxygens (including phenoxy) is 1. The third-order valence-corrected chi connectivity index (χ3v) is 2.35. The lowest BCUT2D eigenvalue weighted by atomic mass is 10.2. The summed E-state index contributed by atoms with van der Waals surface area (Å²) in [5.74, 6) is -4.12.